The summed E-state index contributed by atoms with van der Waals surface area (Å²) in [6.45, 7) is 3.58. The number of carbonyl (C=O) groups is 1. The van der Waals surface area contributed by atoms with Gasteiger partial charge in [-0.05, 0) is 43.0 Å². The minimum Gasteiger partial charge on any atom is -0.335 e. The number of hydrogen-bond acceptors (Lipinski definition) is 4. The summed E-state index contributed by atoms with van der Waals surface area (Å²) >= 11 is 0. The van der Waals surface area contributed by atoms with E-state index >= 15 is 0 Å². The van der Waals surface area contributed by atoms with Crippen molar-refractivity contribution < 1.29 is 13.2 Å². The second-order valence-corrected chi connectivity index (χ2v) is 11.4. The van der Waals surface area contributed by atoms with Crippen molar-refractivity contribution in [3.05, 3.63) is 59.9 Å². The molecule has 7 nitrogen and oxygen atoms in total. The number of sulfonamides is 1. The lowest BCUT2D eigenvalue weighted by Gasteiger charge is -2.22. The van der Waals surface area contributed by atoms with Crippen LogP contribution >= 0.6 is 0 Å². The van der Waals surface area contributed by atoms with Crippen LogP contribution in [-0.2, 0) is 34.3 Å². The first-order valence-electron chi connectivity index (χ1n) is 12.1. The maximum atomic E-state index is 13.2. The van der Waals surface area contributed by atoms with Gasteiger partial charge in [0.15, 0.2) is 0 Å². The Bertz CT molecular complexity index is 1250. The normalized spacial score (nSPS) is 14.1. The summed E-state index contributed by atoms with van der Waals surface area (Å²) in [4.78, 5) is 20.2. The number of aryl methyl sites for hydroxylation is 2. The van der Waals surface area contributed by atoms with Gasteiger partial charge in [-0.1, -0.05) is 43.7 Å². The molecule has 8 heteroatoms. The lowest BCUT2D eigenvalue weighted by molar-refractivity contribution is -0.132. The summed E-state index contributed by atoms with van der Waals surface area (Å²) < 4.78 is 28.5. The summed E-state index contributed by atoms with van der Waals surface area (Å²) in [7, 11) is -0.484. The predicted molar refractivity (Wildman–Crippen MR) is 134 cm³/mol. The molecule has 182 valence electrons. The molecule has 1 amide bonds. The molecule has 2 aromatic carbocycles. The molecule has 1 saturated carbocycles. The van der Waals surface area contributed by atoms with Crippen molar-refractivity contribution in [2.45, 2.75) is 69.5 Å². The Morgan fingerprint density at radius 2 is 1.85 bits per heavy atom. The zero-order valence-electron chi connectivity index (χ0n) is 20.3. The second kappa shape index (κ2) is 10.3. The molecule has 0 aliphatic heterocycles. The van der Waals surface area contributed by atoms with Crippen molar-refractivity contribution in [2.24, 2.45) is 0 Å². The Labute approximate surface area is 202 Å². The van der Waals surface area contributed by atoms with Gasteiger partial charge < -0.3 is 9.47 Å². The van der Waals surface area contributed by atoms with Gasteiger partial charge in [0.05, 0.1) is 15.9 Å². The van der Waals surface area contributed by atoms with Gasteiger partial charge in [0, 0.05) is 46.1 Å². The van der Waals surface area contributed by atoms with Gasteiger partial charge in [-0.25, -0.2) is 17.7 Å². The van der Waals surface area contributed by atoms with E-state index in [4.69, 9.17) is 4.98 Å². The van der Waals surface area contributed by atoms with Gasteiger partial charge in [0.2, 0.25) is 15.9 Å². The Hall–Kier alpha value is -2.71. The fourth-order valence-electron chi connectivity index (χ4n) is 4.24. The maximum absolute atomic E-state index is 13.2. The average Bonchev–Trinajstić information content (AvgIpc) is 3.61. The van der Waals surface area contributed by atoms with Crippen LogP contribution in [0.2, 0.25) is 0 Å². The highest BCUT2D eigenvalue weighted by Gasteiger charge is 2.32. The van der Waals surface area contributed by atoms with E-state index in [1.54, 1.807) is 12.1 Å². The molecule has 34 heavy (non-hydrogen) atoms. The largest absolute Gasteiger partial charge is 0.335 e. The molecule has 0 N–H and O–H groups in total. The fraction of sp³-hybridized carbons (Fsp3) is 0.462. The highest BCUT2D eigenvalue weighted by molar-refractivity contribution is 7.89. The van der Waals surface area contributed by atoms with Crippen LogP contribution in [0, 0.1) is 0 Å². The van der Waals surface area contributed by atoms with Crippen LogP contribution in [-0.4, -0.2) is 53.2 Å². The lowest BCUT2D eigenvalue weighted by atomic mass is 10.2. The molecule has 1 fully saturated rings. The van der Waals surface area contributed by atoms with Gasteiger partial charge in [-0.15, -0.1) is 0 Å². The van der Waals surface area contributed by atoms with Crippen molar-refractivity contribution in [3.63, 3.8) is 0 Å². The number of carbonyl (C=O) groups excluding carboxylic acids is 1. The number of unbranched alkanes of at least 4 members (excludes halogenated alkanes) is 1. The first kappa shape index (κ1) is 24.4. The third-order valence-electron chi connectivity index (χ3n) is 6.38. The molecule has 0 bridgehead atoms. The van der Waals surface area contributed by atoms with Crippen molar-refractivity contribution in [2.75, 3.05) is 14.1 Å². The van der Waals surface area contributed by atoms with Crippen molar-refractivity contribution in [3.8, 4) is 0 Å². The summed E-state index contributed by atoms with van der Waals surface area (Å²) in [6, 6.07) is 15.6. The SMILES string of the molecule is CCCCn1c(CCC(=O)N(Cc2ccccc2)C2CC2)nc2cc(S(=O)(=O)N(C)C)ccc21. The Kier molecular flexibility index (Phi) is 7.38. The minimum absolute atomic E-state index is 0.149. The molecule has 0 radical (unpaired) electrons. The van der Waals surface area contributed by atoms with Crippen molar-refractivity contribution in [1.29, 1.82) is 0 Å². The van der Waals surface area contributed by atoms with E-state index in [0.717, 1.165) is 49.1 Å². The standard InChI is InChI=1S/C26H34N4O3S/c1-4-5-17-29-24-14-13-22(34(32,33)28(2)3)18-23(24)27-25(29)15-16-26(31)30(21-11-12-21)19-20-9-7-6-8-10-20/h6-10,13-14,18,21H,4-5,11-12,15-17,19H2,1-3H3. The van der Waals surface area contributed by atoms with Gasteiger partial charge in [0.1, 0.15) is 5.82 Å². The summed E-state index contributed by atoms with van der Waals surface area (Å²) in [5.41, 5.74) is 2.72. The molecule has 1 aliphatic rings. The van der Waals surface area contributed by atoms with E-state index in [2.05, 4.69) is 23.6 Å². The highest BCUT2D eigenvalue weighted by atomic mass is 32.2. The van der Waals surface area contributed by atoms with Gasteiger partial charge in [0.25, 0.3) is 0 Å². The average molecular weight is 483 g/mol. The number of benzene rings is 2. The van der Waals surface area contributed by atoms with E-state index in [1.165, 1.54) is 18.4 Å². The number of fused-ring (bicyclic) bond motifs is 1. The quantitative estimate of drug-likeness (QED) is 0.410. The van der Waals surface area contributed by atoms with Gasteiger partial charge >= 0.3 is 0 Å². The van der Waals surface area contributed by atoms with Crippen LogP contribution in [0.3, 0.4) is 0 Å². The van der Waals surface area contributed by atoms with Gasteiger partial charge in [-0.3, -0.25) is 4.79 Å². The number of nitrogens with zero attached hydrogens (tertiary/aromatic N) is 4. The van der Waals surface area contributed by atoms with E-state index in [9.17, 15) is 13.2 Å². The molecule has 1 aliphatic carbocycles. The summed E-state index contributed by atoms with van der Waals surface area (Å²) in [5.74, 6) is 0.989. The third-order valence-corrected chi connectivity index (χ3v) is 8.19. The molecule has 1 heterocycles. The Morgan fingerprint density at radius 3 is 2.50 bits per heavy atom. The summed E-state index contributed by atoms with van der Waals surface area (Å²) in [5, 5.41) is 0. The van der Waals surface area contributed by atoms with Crippen LogP contribution < -0.4 is 0 Å². The van der Waals surface area contributed by atoms with E-state index in [0.29, 0.717) is 30.9 Å². The zero-order valence-corrected chi connectivity index (χ0v) is 21.1. The third kappa shape index (κ3) is 5.33. The molecule has 0 spiro atoms. The van der Waals surface area contributed by atoms with E-state index in [-0.39, 0.29) is 10.8 Å². The lowest BCUT2D eigenvalue weighted by Crippen LogP contribution is -2.32. The Morgan fingerprint density at radius 1 is 1.12 bits per heavy atom. The zero-order chi connectivity index (χ0) is 24.3. The molecule has 0 saturated heterocycles. The molecule has 1 aromatic heterocycles. The molecule has 4 rings (SSSR count). The number of hydrogen-bond donors (Lipinski definition) is 0. The van der Waals surface area contributed by atoms with E-state index < -0.39 is 10.0 Å². The van der Waals surface area contributed by atoms with Crippen LogP contribution in [0.4, 0.5) is 0 Å². The number of aromatic nitrogens is 2. The molecular formula is C26H34N4O3S. The first-order valence-corrected chi connectivity index (χ1v) is 13.5. The van der Waals surface area contributed by atoms with Crippen molar-refractivity contribution in [1.82, 2.24) is 18.8 Å². The highest BCUT2D eigenvalue weighted by Crippen LogP contribution is 2.29. The van der Waals surface area contributed by atoms with Crippen LogP contribution in [0.5, 0.6) is 0 Å². The monoisotopic (exact) mass is 482 g/mol. The predicted octanol–water partition coefficient (Wildman–Crippen LogP) is 4.21. The van der Waals surface area contributed by atoms with Crippen LogP contribution in [0.15, 0.2) is 53.4 Å². The second-order valence-electron chi connectivity index (χ2n) is 9.21. The number of rotatable bonds is 11. The Balaban J connectivity index is 1.56. The molecule has 0 atom stereocenters. The van der Waals surface area contributed by atoms with E-state index in [1.807, 2.05) is 29.2 Å². The number of imidazole rings is 1. The van der Waals surface area contributed by atoms with Crippen LogP contribution in [0.25, 0.3) is 11.0 Å². The molecule has 3 aromatic rings. The van der Waals surface area contributed by atoms with Gasteiger partial charge in [-0.2, -0.15) is 0 Å². The molecular weight excluding hydrogens is 448 g/mol. The smallest absolute Gasteiger partial charge is 0.242 e. The maximum Gasteiger partial charge on any atom is 0.242 e. The van der Waals surface area contributed by atoms with Crippen LogP contribution in [0.1, 0.15) is 50.4 Å². The summed E-state index contributed by atoms with van der Waals surface area (Å²) in [6.07, 6.45) is 5.09. The topological polar surface area (TPSA) is 75.5 Å². The molecule has 0 unspecified atom stereocenters. The minimum atomic E-state index is -3.53. The fourth-order valence-corrected chi connectivity index (χ4v) is 5.16. The van der Waals surface area contributed by atoms with Crippen molar-refractivity contribution >= 4 is 27.0 Å². The first-order chi connectivity index (χ1) is 16.3. The number of amides is 1.